The number of nitrogens with one attached hydrogen (secondary N) is 2. The Hall–Kier alpha value is -3.48. The minimum absolute atomic E-state index is 0.0767. The van der Waals surface area contributed by atoms with Crippen LogP contribution in [-0.2, 0) is 11.2 Å². The highest BCUT2D eigenvalue weighted by Gasteiger charge is 2.36. The number of nitrogens with zero attached hydrogens (tertiary/aromatic N) is 1. The summed E-state index contributed by atoms with van der Waals surface area (Å²) in [5.41, 5.74) is 1.25. The van der Waals surface area contributed by atoms with Crippen LogP contribution in [0.15, 0.2) is 48.5 Å². The van der Waals surface area contributed by atoms with E-state index in [1.807, 2.05) is 0 Å². The van der Waals surface area contributed by atoms with Crippen molar-refractivity contribution in [3.8, 4) is 18.1 Å². The highest BCUT2D eigenvalue weighted by atomic mass is 19.3. The molecule has 0 aromatic heterocycles. The lowest BCUT2D eigenvalue weighted by Crippen LogP contribution is -2.57. The van der Waals surface area contributed by atoms with Gasteiger partial charge >= 0.3 is 0 Å². The predicted octanol–water partition coefficient (Wildman–Crippen LogP) is 2.46. The number of terminal acetylenes is 1. The van der Waals surface area contributed by atoms with E-state index in [0.29, 0.717) is 5.56 Å². The second kappa shape index (κ2) is 12.8. The first-order valence-electron chi connectivity index (χ1n) is 11.2. The van der Waals surface area contributed by atoms with Gasteiger partial charge in [0.25, 0.3) is 11.8 Å². The Morgan fingerprint density at radius 1 is 1.17 bits per heavy atom. The van der Waals surface area contributed by atoms with Gasteiger partial charge in [0.2, 0.25) is 5.91 Å². The zero-order valence-electron chi connectivity index (χ0n) is 19.8. The molecule has 2 rings (SSSR count). The number of rotatable bonds is 12. The largest absolute Gasteiger partial charge is 0.508 e. The second-order valence-corrected chi connectivity index (χ2v) is 8.23. The van der Waals surface area contributed by atoms with Crippen LogP contribution in [0.25, 0.3) is 0 Å². The van der Waals surface area contributed by atoms with Crippen LogP contribution in [0.3, 0.4) is 0 Å². The number of phenolic OH excluding ortho intramolecular Hbond substituents is 1. The van der Waals surface area contributed by atoms with Gasteiger partial charge in [-0.15, -0.1) is 6.42 Å². The van der Waals surface area contributed by atoms with Gasteiger partial charge in [0, 0.05) is 17.5 Å². The predicted molar refractivity (Wildman–Crippen MR) is 129 cm³/mol. The minimum atomic E-state index is -3.18. The fourth-order valence-electron chi connectivity index (χ4n) is 3.51. The number of hydrogen-bond acceptors (Lipinski definition) is 5. The Kier molecular flexibility index (Phi) is 10.2. The minimum Gasteiger partial charge on any atom is -0.508 e. The average Bonchev–Trinajstić information content (AvgIpc) is 2.83. The van der Waals surface area contributed by atoms with E-state index in [-0.39, 0.29) is 24.3 Å². The molecule has 2 amide bonds. The third-order valence-electron chi connectivity index (χ3n) is 5.58. The van der Waals surface area contributed by atoms with Crippen molar-refractivity contribution in [2.24, 2.45) is 0 Å². The number of phenols is 1. The molecule has 0 bridgehead atoms. The first-order chi connectivity index (χ1) is 16.6. The number of aromatic hydroxyl groups is 1. The SMILES string of the molecule is C#CCNC(=O)CN(CC(F)(F)CC)C(O)C(Cc1ccccc1)NC(=O)c1cccc(O)c1C. The smallest absolute Gasteiger partial charge is 0.260 e. The summed E-state index contributed by atoms with van der Waals surface area (Å²) in [6.45, 7) is 1.33. The molecule has 2 unspecified atom stereocenters. The number of benzene rings is 2. The molecule has 4 N–H and O–H groups in total. The van der Waals surface area contributed by atoms with E-state index in [1.165, 1.54) is 25.1 Å². The maximum absolute atomic E-state index is 14.3. The van der Waals surface area contributed by atoms with Gasteiger partial charge < -0.3 is 20.8 Å². The lowest BCUT2D eigenvalue weighted by atomic mass is 10.0. The molecule has 188 valence electrons. The molecule has 0 fully saturated rings. The van der Waals surface area contributed by atoms with Crippen molar-refractivity contribution < 1.29 is 28.6 Å². The number of halogens is 2. The van der Waals surface area contributed by atoms with Gasteiger partial charge in [-0.3, -0.25) is 14.5 Å². The van der Waals surface area contributed by atoms with Crippen molar-refractivity contribution in [3.63, 3.8) is 0 Å². The van der Waals surface area contributed by atoms with Crippen molar-refractivity contribution in [3.05, 3.63) is 65.2 Å². The Balaban J connectivity index is 2.37. The van der Waals surface area contributed by atoms with Crippen molar-refractivity contribution in [2.45, 2.75) is 44.9 Å². The molecule has 0 saturated carbocycles. The molecule has 0 heterocycles. The maximum Gasteiger partial charge on any atom is 0.260 e. The molecule has 9 heteroatoms. The number of amides is 2. The highest BCUT2D eigenvalue weighted by Crippen LogP contribution is 2.23. The van der Waals surface area contributed by atoms with Crippen LogP contribution < -0.4 is 10.6 Å². The number of carbonyl (C=O) groups excluding carboxylic acids is 2. The molecule has 0 spiro atoms. The van der Waals surface area contributed by atoms with Crippen LogP contribution in [0.5, 0.6) is 5.75 Å². The summed E-state index contributed by atoms with van der Waals surface area (Å²) in [4.78, 5) is 26.3. The van der Waals surface area contributed by atoms with Crippen molar-refractivity contribution >= 4 is 11.8 Å². The molecule has 0 aliphatic rings. The van der Waals surface area contributed by atoms with E-state index in [4.69, 9.17) is 6.42 Å². The molecule has 0 radical (unpaired) electrons. The molecule has 7 nitrogen and oxygen atoms in total. The Labute approximate surface area is 204 Å². The van der Waals surface area contributed by atoms with E-state index < -0.39 is 49.5 Å². The number of aliphatic hydroxyl groups excluding tert-OH is 1. The summed E-state index contributed by atoms with van der Waals surface area (Å²) in [5.74, 6) is -2.27. The highest BCUT2D eigenvalue weighted by molar-refractivity contribution is 5.96. The van der Waals surface area contributed by atoms with Crippen LogP contribution in [0.4, 0.5) is 8.78 Å². The van der Waals surface area contributed by atoms with Crippen molar-refractivity contribution in [1.82, 2.24) is 15.5 Å². The number of hydrogen-bond donors (Lipinski definition) is 4. The van der Waals surface area contributed by atoms with E-state index >= 15 is 0 Å². The fourth-order valence-corrected chi connectivity index (χ4v) is 3.51. The molecule has 2 atom stereocenters. The van der Waals surface area contributed by atoms with Crippen molar-refractivity contribution in [2.75, 3.05) is 19.6 Å². The Morgan fingerprint density at radius 2 is 1.86 bits per heavy atom. The Morgan fingerprint density at radius 3 is 2.49 bits per heavy atom. The summed E-state index contributed by atoms with van der Waals surface area (Å²) >= 11 is 0. The van der Waals surface area contributed by atoms with Crippen LogP contribution in [0.1, 0.15) is 34.8 Å². The molecule has 0 aliphatic carbocycles. The van der Waals surface area contributed by atoms with E-state index in [1.54, 1.807) is 37.3 Å². The first kappa shape index (κ1) is 27.8. The molecular formula is C26H31F2N3O4. The van der Waals surface area contributed by atoms with Crippen molar-refractivity contribution in [1.29, 1.82) is 0 Å². The van der Waals surface area contributed by atoms with Gasteiger partial charge in [-0.2, -0.15) is 0 Å². The van der Waals surface area contributed by atoms with Crippen LogP contribution in [-0.4, -0.2) is 64.8 Å². The summed E-state index contributed by atoms with van der Waals surface area (Å²) in [6.07, 6.45) is 3.11. The van der Waals surface area contributed by atoms with Gasteiger partial charge in [-0.25, -0.2) is 8.78 Å². The summed E-state index contributed by atoms with van der Waals surface area (Å²) in [5, 5.41) is 26.3. The zero-order valence-corrected chi connectivity index (χ0v) is 19.8. The van der Waals surface area contributed by atoms with Crippen LogP contribution in [0.2, 0.25) is 0 Å². The third kappa shape index (κ3) is 8.35. The van der Waals surface area contributed by atoms with E-state index in [0.717, 1.165) is 10.5 Å². The third-order valence-corrected chi connectivity index (χ3v) is 5.58. The second-order valence-electron chi connectivity index (χ2n) is 8.23. The summed E-state index contributed by atoms with van der Waals surface area (Å²) < 4.78 is 28.7. The van der Waals surface area contributed by atoms with Crippen LogP contribution in [0, 0.1) is 19.3 Å². The quantitative estimate of drug-likeness (QED) is 0.272. The average molecular weight is 488 g/mol. The van der Waals surface area contributed by atoms with Gasteiger partial charge in [0.1, 0.15) is 12.0 Å². The van der Waals surface area contributed by atoms with Crippen LogP contribution >= 0.6 is 0 Å². The molecule has 0 aliphatic heterocycles. The molecule has 2 aromatic carbocycles. The molecule has 35 heavy (non-hydrogen) atoms. The van der Waals surface area contributed by atoms with Gasteiger partial charge in [-0.05, 0) is 31.0 Å². The van der Waals surface area contributed by atoms with Gasteiger partial charge in [0.15, 0.2) is 0 Å². The molecule has 2 aromatic rings. The van der Waals surface area contributed by atoms with Gasteiger partial charge in [0.05, 0.1) is 25.7 Å². The summed E-state index contributed by atoms with van der Waals surface area (Å²) in [6, 6.07) is 12.3. The Bertz CT molecular complexity index is 1040. The molecular weight excluding hydrogens is 456 g/mol. The lowest BCUT2D eigenvalue weighted by Gasteiger charge is -2.35. The number of carbonyl (C=O) groups is 2. The monoisotopic (exact) mass is 487 g/mol. The fraction of sp³-hybridized carbons (Fsp3) is 0.385. The van der Waals surface area contributed by atoms with E-state index in [9.17, 15) is 28.6 Å². The number of aliphatic hydroxyl groups is 1. The lowest BCUT2D eigenvalue weighted by molar-refractivity contribution is -0.131. The summed E-state index contributed by atoms with van der Waals surface area (Å²) in [7, 11) is 0. The first-order valence-corrected chi connectivity index (χ1v) is 11.2. The zero-order chi connectivity index (χ0) is 26.0. The standard InChI is InChI=1S/C26H31F2N3O4/c1-4-14-29-23(33)16-31(17-26(27,28)5-2)25(35)21(15-19-10-7-6-8-11-19)30-24(34)20-12-9-13-22(32)18(20)3/h1,6-13,21,25,32,35H,5,14-17H2,2-3H3,(H,29,33)(H,30,34). The normalized spacial score (nSPS) is 13.1. The molecule has 0 saturated heterocycles. The van der Waals surface area contributed by atoms with Gasteiger partial charge in [-0.1, -0.05) is 49.2 Å². The topological polar surface area (TPSA) is 102 Å². The van der Waals surface area contributed by atoms with E-state index in [2.05, 4.69) is 16.6 Å². The number of alkyl halides is 2. The maximum atomic E-state index is 14.3.